The Morgan fingerprint density at radius 1 is 1.56 bits per heavy atom. The van der Waals surface area contributed by atoms with Crippen LogP contribution in [0.15, 0.2) is 9.98 Å². The molecule has 0 amide bonds. The summed E-state index contributed by atoms with van der Waals surface area (Å²) in [6, 6.07) is 0. The van der Waals surface area contributed by atoms with Crippen molar-refractivity contribution in [2.75, 3.05) is 6.61 Å². The van der Waals surface area contributed by atoms with E-state index >= 15 is 0 Å². The molecule has 16 heavy (non-hydrogen) atoms. The Morgan fingerprint density at radius 2 is 2.31 bits per heavy atom. The van der Waals surface area contributed by atoms with Gasteiger partial charge in [0.1, 0.15) is 18.7 Å². The summed E-state index contributed by atoms with van der Waals surface area (Å²) in [4.78, 5) is 8.69. The molecule has 8 heteroatoms. The van der Waals surface area contributed by atoms with Gasteiger partial charge in [0.2, 0.25) is 12.3 Å². The highest BCUT2D eigenvalue weighted by Crippen LogP contribution is 2.24. The van der Waals surface area contributed by atoms with Gasteiger partial charge in [-0.3, -0.25) is 4.90 Å². The van der Waals surface area contributed by atoms with Gasteiger partial charge >= 0.3 is 0 Å². The van der Waals surface area contributed by atoms with Gasteiger partial charge in [0.15, 0.2) is 0 Å². The largest absolute Gasteiger partial charge is 0.394 e. The predicted octanol–water partition coefficient (Wildman–Crippen LogP) is -2.61. The van der Waals surface area contributed by atoms with Crippen LogP contribution < -0.4 is 5.73 Å². The molecule has 0 aromatic rings. The van der Waals surface area contributed by atoms with Gasteiger partial charge in [-0.1, -0.05) is 0 Å². The molecular weight excluding hydrogens is 216 g/mol. The normalized spacial score (nSPS) is 38.9. The maximum atomic E-state index is 9.59. The highest BCUT2D eigenvalue weighted by molar-refractivity contribution is 5.87. The van der Waals surface area contributed by atoms with Crippen molar-refractivity contribution in [3.05, 3.63) is 0 Å². The standard InChI is InChI=1S/C8H14N4O4/c9-7-10-3-12(8(15)11-7)6-1-4(14)5(2-13)16-6/h3-6,8,13-15H,1-2H2,(H2,9,11)/t4?,5-,6-,8?/m1/s1. The SMILES string of the molecule is NC1=NC(O)N([C@H]2CC(O)[C@@H](CO)O2)C=N1. The van der Waals surface area contributed by atoms with Gasteiger partial charge in [-0.15, -0.1) is 0 Å². The molecule has 90 valence electrons. The lowest BCUT2D eigenvalue weighted by molar-refractivity contribution is -0.0969. The number of guanidine groups is 1. The summed E-state index contributed by atoms with van der Waals surface area (Å²) in [5.74, 6) is -0.0130. The Bertz CT molecular complexity index is 321. The lowest BCUT2D eigenvalue weighted by Gasteiger charge is -2.30. The second-order valence-electron chi connectivity index (χ2n) is 3.64. The fourth-order valence-electron chi connectivity index (χ4n) is 1.69. The molecule has 2 rings (SSSR count). The van der Waals surface area contributed by atoms with E-state index in [1.807, 2.05) is 0 Å². The molecule has 5 N–H and O–H groups in total. The van der Waals surface area contributed by atoms with E-state index in [-0.39, 0.29) is 19.0 Å². The van der Waals surface area contributed by atoms with Crippen molar-refractivity contribution >= 4 is 12.3 Å². The molecule has 0 bridgehead atoms. The summed E-state index contributed by atoms with van der Waals surface area (Å²) in [5, 5.41) is 28.0. The zero-order valence-corrected chi connectivity index (χ0v) is 8.47. The summed E-state index contributed by atoms with van der Waals surface area (Å²) < 4.78 is 5.33. The zero-order chi connectivity index (χ0) is 11.7. The van der Waals surface area contributed by atoms with Crippen molar-refractivity contribution in [2.24, 2.45) is 15.7 Å². The topological polar surface area (TPSA) is 124 Å². The van der Waals surface area contributed by atoms with E-state index in [2.05, 4.69) is 9.98 Å². The van der Waals surface area contributed by atoms with Crippen LogP contribution in [0.3, 0.4) is 0 Å². The monoisotopic (exact) mass is 230 g/mol. The van der Waals surface area contributed by atoms with Crippen molar-refractivity contribution in [3.8, 4) is 0 Å². The van der Waals surface area contributed by atoms with Gasteiger partial charge in [0, 0.05) is 6.42 Å². The molecule has 1 fully saturated rings. The van der Waals surface area contributed by atoms with E-state index in [1.165, 1.54) is 11.2 Å². The van der Waals surface area contributed by atoms with Crippen molar-refractivity contribution < 1.29 is 20.1 Å². The van der Waals surface area contributed by atoms with E-state index in [9.17, 15) is 10.2 Å². The van der Waals surface area contributed by atoms with Crippen LogP contribution in [0.2, 0.25) is 0 Å². The molecule has 4 atom stereocenters. The van der Waals surface area contributed by atoms with Crippen molar-refractivity contribution in [3.63, 3.8) is 0 Å². The maximum Gasteiger partial charge on any atom is 0.231 e. The number of hydrogen-bond acceptors (Lipinski definition) is 8. The van der Waals surface area contributed by atoms with Gasteiger partial charge in [-0.05, 0) is 0 Å². The molecule has 2 unspecified atom stereocenters. The lowest BCUT2D eigenvalue weighted by atomic mass is 10.2. The van der Waals surface area contributed by atoms with Crippen LogP contribution in [-0.2, 0) is 4.74 Å². The van der Waals surface area contributed by atoms with E-state index in [1.54, 1.807) is 0 Å². The van der Waals surface area contributed by atoms with E-state index < -0.39 is 24.8 Å². The Labute approximate surface area is 91.7 Å². The number of nitrogens with zero attached hydrogens (tertiary/aromatic N) is 3. The highest BCUT2D eigenvalue weighted by atomic mass is 16.5. The number of aliphatic hydroxyl groups excluding tert-OH is 3. The number of nitrogens with two attached hydrogens (primary N) is 1. The molecule has 2 aliphatic rings. The molecule has 2 heterocycles. The molecule has 1 saturated heterocycles. The first-order chi connectivity index (χ1) is 7.61. The molecule has 8 nitrogen and oxygen atoms in total. The van der Waals surface area contributed by atoms with Crippen LogP contribution in [0.4, 0.5) is 0 Å². The van der Waals surface area contributed by atoms with E-state index in [0.717, 1.165) is 0 Å². The minimum Gasteiger partial charge on any atom is -0.394 e. The minimum atomic E-state index is -1.17. The molecular formula is C8H14N4O4. The third-order valence-corrected chi connectivity index (χ3v) is 2.55. The van der Waals surface area contributed by atoms with Crippen molar-refractivity contribution in [1.29, 1.82) is 0 Å². The van der Waals surface area contributed by atoms with E-state index in [4.69, 9.17) is 15.6 Å². The lowest BCUT2D eigenvalue weighted by Crippen LogP contribution is -2.45. The van der Waals surface area contributed by atoms with Gasteiger partial charge in [-0.25, -0.2) is 4.99 Å². The van der Waals surface area contributed by atoms with Gasteiger partial charge in [0.25, 0.3) is 0 Å². The average Bonchev–Trinajstić information content (AvgIpc) is 2.59. The molecule has 0 spiro atoms. The second kappa shape index (κ2) is 4.34. The van der Waals surface area contributed by atoms with Crippen LogP contribution in [0.5, 0.6) is 0 Å². The number of aliphatic hydroxyl groups is 3. The Balaban J connectivity index is 2.03. The van der Waals surface area contributed by atoms with Gasteiger partial charge < -0.3 is 25.8 Å². The summed E-state index contributed by atoms with van der Waals surface area (Å²) in [6.07, 6.45) is -1.57. The second-order valence-corrected chi connectivity index (χ2v) is 3.64. The number of aliphatic imine (C=N–C) groups is 2. The number of ether oxygens (including phenoxy) is 1. The fraction of sp³-hybridized carbons (Fsp3) is 0.750. The molecule has 0 saturated carbocycles. The van der Waals surface area contributed by atoms with Crippen molar-refractivity contribution in [2.45, 2.75) is 31.2 Å². The third-order valence-electron chi connectivity index (χ3n) is 2.55. The van der Waals surface area contributed by atoms with Crippen molar-refractivity contribution in [1.82, 2.24) is 4.90 Å². The number of rotatable bonds is 2. The summed E-state index contributed by atoms with van der Waals surface area (Å²) in [5.41, 5.74) is 5.30. The smallest absolute Gasteiger partial charge is 0.231 e. The first-order valence-corrected chi connectivity index (χ1v) is 4.89. The molecule has 0 aromatic heterocycles. The Hall–Kier alpha value is -1.22. The Morgan fingerprint density at radius 3 is 2.88 bits per heavy atom. The van der Waals surface area contributed by atoms with Crippen LogP contribution in [0, 0.1) is 0 Å². The molecule has 2 aliphatic heterocycles. The summed E-state index contributed by atoms with van der Waals surface area (Å²) in [6.45, 7) is -0.274. The molecule has 0 aromatic carbocycles. The average molecular weight is 230 g/mol. The molecule has 0 radical (unpaired) electrons. The van der Waals surface area contributed by atoms with Gasteiger partial charge in [0.05, 0.1) is 12.7 Å². The predicted molar refractivity (Wildman–Crippen MR) is 54.3 cm³/mol. The quantitative estimate of drug-likeness (QED) is 0.412. The minimum absolute atomic E-state index is 0.0130. The van der Waals surface area contributed by atoms with Crippen LogP contribution >= 0.6 is 0 Å². The van der Waals surface area contributed by atoms with E-state index in [0.29, 0.717) is 0 Å². The maximum absolute atomic E-state index is 9.59. The highest BCUT2D eigenvalue weighted by Gasteiger charge is 2.38. The van der Waals surface area contributed by atoms with Gasteiger partial charge in [-0.2, -0.15) is 4.99 Å². The van der Waals surface area contributed by atoms with Crippen LogP contribution in [0.25, 0.3) is 0 Å². The van der Waals surface area contributed by atoms with Crippen LogP contribution in [-0.4, -0.2) is 63.9 Å². The Kier molecular flexibility index (Phi) is 3.06. The zero-order valence-electron chi connectivity index (χ0n) is 8.47. The molecule has 0 aliphatic carbocycles. The first-order valence-electron chi connectivity index (χ1n) is 4.89. The van der Waals surface area contributed by atoms with Crippen LogP contribution in [0.1, 0.15) is 6.42 Å². The third kappa shape index (κ3) is 2.00. The summed E-state index contributed by atoms with van der Waals surface area (Å²) >= 11 is 0. The summed E-state index contributed by atoms with van der Waals surface area (Å²) in [7, 11) is 0. The first kappa shape index (κ1) is 11.3. The number of hydrogen-bond donors (Lipinski definition) is 4. The fourth-order valence-corrected chi connectivity index (χ4v) is 1.69.